The van der Waals surface area contributed by atoms with Crippen molar-refractivity contribution in [1.82, 2.24) is 0 Å². The van der Waals surface area contributed by atoms with Crippen molar-refractivity contribution in [2.45, 2.75) is 13.5 Å². The Balaban J connectivity index is 2.21. The molecule has 3 nitrogen and oxygen atoms in total. The first-order valence-electron chi connectivity index (χ1n) is 6.16. The SMILES string of the molecule is COCc1cccc(Oc2ccc(C(C)=O)cc2Br)c1. The van der Waals surface area contributed by atoms with Crippen LogP contribution in [0.5, 0.6) is 11.5 Å². The molecule has 0 aliphatic carbocycles. The standard InChI is InChI=1S/C16H15BrO3/c1-11(18)13-6-7-16(15(17)9-13)20-14-5-3-4-12(8-14)10-19-2/h3-9H,10H2,1-2H3. The van der Waals surface area contributed by atoms with Gasteiger partial charge in [0, 0.05) is 12.7 Å². The Morgan fingerprint density at radius 1 is 1.20 bits per heavy atom. The summed E-state index contributed by atoms with van der Waals surface area (Å²) in [6.45, 7) is 2.08. The zero-order valence-corrected chi connectivity index (χ0v) is 12.9. The van der Waals surface area contributed by atoms with Crippen LogP contribution in [0.3, 0.4) is 0 Å². The summed E-state index contributed by atoms with van der Waals surface area (Å²) in [5, 5.41) is 0. The lowest BCUT2D eigenvalue weighted by Crippen LogP contribution is -1.94. The van der Waals surface area contributed by atoms with E-state index in [1.165, 1.54) is 6.92 Å². The molecule has 104 valence electrons. The van der Waals surface area contributed by atoms with Gasteiger partial charge in [0.1, 0.15) is 11.5 Å². The molecule has 2 aromatic rings. The fraction of sp³-hybridized carbons (Fsp3) is 0.188. The Morgan fingerprint density at radius 2 is 2.00 bits per heavy atom. The van der Waals surface area contributed by atoms with Gasteiger partial charge in [0.2, 0.25) is 0 Å². The molecule has 0 bridgehead atoms. The molecular weight excluding hydrogens is 320 g/mol. The number of hydrogen-bond acceptors (Lipinski definition) is 3. The minimum atomic E-state index is 0.0272. The maximum Gasteiger partial charge on any atom is 0.159 e. The van der Waals surface area contributed by atoms with Gasteiger partial charge in [-0.1, -0.05) is 12.1 Å². The molecule has 0 aliphatic heterocycles. The molecule has 0 heterocycles. The van der Waals surface area contributed by atoms with Crippen LogP contribution in [0.25, 0.3) is 0 Å². The highest BCUT2D eigenvalue weighted by Gasteiger charge is 2.07. The number of ether oxygens (including phenoxy) is 2. The maximum atomic E-state index is 11.3. The summed E-state index contributed by atoms with van der Waals surface area (Å²) in [6.07, 6.45) is 0. The first-order chi connectivity index (χ1) is 9.60. The van der Waals surface area contributed by atoms with Gasteiger partial charge in [0.05, 0.1) is 11.1 Å². The van der Waals surface area contributed by atoms with Crippen LogP contribution in [0.2, 0.25) is 0 Å². The van der Waals surface area contributed by atoms with E-state index in [1.54, 1.807) is 25.3 Å². The Morgan fingerprint density at radius 3 is 2.65 bits per heavy atom. The van der Waals surface area contributed by atoms with E-state index in [9.17, 15) is 4.79 Å². The Hall–Kier alpha value is -1.65. The fourth-order valence-corrected chi connectivity index (χ4v) is 2.25. The van der Waals surface area contributed by atoms with Crippen LogP contribution < -0.4 is 4.74 Å². The smallest absolute Gasteiger partial charge is 0.159 e. The molecule has 0 aromatic heterocycles. The second-order valence-electron chi connectivity index (χ2n) is 4.38. The minimum absolute atomic E-state index is 0.0272. The molecule has 0 radical (unpaired) electrons. The van der Waals surface area contributed by atoms with Crippen LogP contribution in [-0.4, -0.2) is 12.9 Å². The molecule has 2 aromatic carbocycles. The highest BCUT2D eigenvalue weighted by Crippen LogP contribution is 2.31. The molecule has 0 saturated carbocycles. The zero-order chi connectivity index (χ0) is 14.5. The number of Topliss-reactive ketones (excluding diaryl/α,β-unsaturated/α-hetero) is 1. The van der Waals surface area contributed by atoms with Gasteiger partial charge < -0.3 is 9.47 Å². The summed E-state index contributed by atoms with van der Waals surface area (Å²) < 4.78 is 11.7. The lowest BCUT2D eigenvalue weighted by molar-refractivity contribution is 0.101. The molecule has 20 heavy (non-hydrogen) atoms. The zero-order valence-electron chi connectivity index (χ0n) is 11.4. The molecular formula is C16H15BrO3. The Kier molecular flexibility index (Phi) is 4.93. The van der Waals surface area contributed by atoms with E-state index >= 15 is 0 Å². The molecule has 0 fully saturated rings. The van der Waals surface area contributed by atoms with E-state index in [-0.39, 0.29) is 5.78 Å². The van der Waals surface area contributed by atoms with Crippen LogP contribution in [0.15, 0.2) is 46.9 Å². The van der Waals surface area contributed by atoms with Crippen LogP contribution in [0.4, 0.5) is 0 Å². The quantitative estimate of drug-likeness (QED) is 0.750. The first kappa shape index (κ1) is 14.8. The third-order valence-corrected chi connectivity index (χ3v) is 3.40. The van der Waals surface area contributed by atoms with Crippen molar-refractivity contribution in [1.29, 1.82) is 0 Å². The van der Waals surface area contributed by atoms with Crippen molar-refractivity contribution in [3.05, 3.63) is 58.1 Å². The van der Waals surface area contributed by atoms with Crippen molar-refractivity contribution in [3.8, 4) is 11.5 Å². The molecule has 0 saturated heterocycles. The number of hydrogen-bond donors (Lipinski definition) is 0. The van der Waals surface area contributed by atoms with E-state index in [2.05, 4.69) is 15.9 Å². The number of benzene rings is 2. The second kappa shape index (κ2) is 6.68. The average Bonchev–Trinajstić information content (AvgIpc) is 2.42. The summed E-state index contributed by atoms with van der Waals surface area (Å²) in [5.41, 5.74) is 1.69. The number of carbonyl (C=O) groups excluding carboxylic acids is 1. The molecule has 0 amide bonds. The largest absolute Gasteiger partial charge is 0.456 e. The van der Waals surface area contributed by atoms with E-state index in [4.69, 9.17) is 9.47 Å². The van der Waals surface area contributed by atoms with Gasteiger partial charge in [0.25, 0.3) is 0 Å². The third kappa shape index (κ3) is 3.68. The Labute approximate surface area is 126 Å². The number of methoxy groups -OCH3 is 1. The molecule has 0 aliphatic rings. The van der Waals surface area contributed by atoms with Crippen LogP contribution in [-0.2, 0) is 11.3 Å². The van der Waals surface area contributed by atoms with Gasteiger partial charge in [-0.2, -0.15) is 0 Å². The maximum absolute atomic E-state index is 11.3. The molecule has 2 rings (SSSR count). The molecule has 0 spiro atoms. The lowest BCUT2D eigenvalue weighted by atomic mass is 10.1. The number of carbonyl (C=O) groups is 1. The third-order valence-electron chi connectivity index (χ3n) is 2.78. The van der Waals surface area contributed by atoms with Gasteiger partial charge in [-0.25, -0.2) is 0 Å². The summed E-state index contributed by atoms with van der Waals surface area (Å²) in [7, 11) is 1.66. The predicted octanol–water partition coefficient (Wildman–Crippen LogP) is 4.59. The van der Waals surface area contributed by atoms with Crippen LogP contribution >= 0.6 is 15.9 Å². The van der Waals surface area contributed by atoms with Gasteiger partial charge in [-0.3, -0.25) is 4.79 Å². The molecule has 0 N–H and O–H groups in total. The van der Waals surface area contributed by atoms with Crippen molar-refractivity contribution >= 4 is 21.7 Å². The Bertz CT molecular complexity index is 623. The number of ketones is 1. The monoisotopic (exact) mass is 334 g/mol. The molecule has 0 unspecified atom stereocenters. The summed E-state index contributed by atoms with van der Waals surface area (Å²) in [4.78, 5) is 11.3. The lowest BCUT2D eigenvalue weighted by Gasteiger charge is -2.10. The van der Waals surface area contributed by atoms with Crippen LogP contribution in [0.1, 0.15) is 22.8 Å². The van der Waals surface area contributed by atoms with Gasteiger partial charge in [-0.05, 0) is 58.7 Å². The van der Waals surface area contributed by atoms with E-state index in [0.29, 0.717) is 17.9 Å². The second-order valence-corrected chi connectivity index (χ2v) is 5.24. The number of rotatable bonds is 5. The summed E-state index contributed by atoms with van der Waals surface area (Å²) in [5.74, 6) is 1.43. The van der Waals surface area contributed by atoms with E-state index < -0.39 is 0 Å². The predicted molar refractivity (Wildman–Crippen MR) is 81.4 cm³/mol. The fourth-order valence-electron chi connectivity index (χ4n) is 1.79. The highest BCUT2D eigenvalue weighted by atomic mass is 79.9. The highest BCUT2D eigenvalue weighted by molar-refractivity contribution is 9.10. The van der Waals surface area contributed by atoms with Crippen LogP contribution in [0, 0.1) is 0 Å². The van der Waals surface area contributed by atoms with Crippen molar-refractivity contribution in [3.63, 3.8) is 0 Å². The minimum Gasteiger partial charge on any atom is -0.456 e. The molecule has 4 heteroatoms. The average molecular weight is 335 g/mol. The first-order valence-corrected chi connectivity index (χ1v) is 6.95. The van der Waals surface area contributed by atoms with Crippen molar-refractivity contribution in [2.24, 2.45) is 0 Å². The van der Waals surface area contributed by atoms with Gasteiger partial charge >= 0.3 is 0 Å². The topological polar surface area (TPSA) is 35.5 Å². The van der Waals surface area contributed by atoms with E-state index in [1.807, 2.05) is 24.3 Å². The summed E-state index contributed by atoms with van der Waals surface area (Å²) >= 11 is 3.42. The normalized spacial score (nSPS) is 10.3. The van der Waals surface area contributed by atoms with Gasteiger partial charge in [-0.15, -0.1) is 0 Å². The number of halogens is 1. The molecule has 0 atom stereocenters. The van der Waals surface area contributed by atoms with Gasteiger partial charge in [0.15, 0.2) is 5.78 Å². The summed E-state index contributed by atoms with van der Waals surface area (Å²) in [6, 6.07) is 13.0. The van der Waals surface area contributed by atoms with E-state index in [0.717, 1.165) is 15.8 Å². The van der Waals surface area contributed by atoms with Crippen molar-refractivity contribution < 1.29 is 14.3 Å². The van der Waals surface area contributed by atoms with Crippen molar-refractivity contribution in [2.75, 3.05) is 7.11 Å².